The first-order valence-corrected chi connectivity index (χ1v) is 15.0. The fourth-order valence-electron chi connectivity index (χ4n) is 4.66. The van der Waals surface area contributed by atoms with Crippen LogP contribution >= 0.6 is 15.9 Å². The number of rotatable bonds is 12. The number of nitrogens with two attached hydrogens (primary N) is 1. The average molecular weight is 725 g/mol. The fourth-order valence-corrected chi connectivity index (χ4v) is 4.76. The lowest BCUT2D eigenvalue weighted by Gasteiger charge is -2.04. The van der Waals surface area contributed by atoms with Crippen LogP contribution in [0, 0.1) is 0 Å². The van der Waals surface area contributed by atoms with Crippen LogP contribution in [0.25, 0.3) is 0 Å². The van der Waals surface area contributed by atoms with Gasteiger partial charge in [0, 0.05) is 65.9 Å². The van der Waals surface area contributed by atoms with E-state index in [0.717, 1.165) is 0 Å². The first-order valence-electron chi connectivity index (χ1n) is 14.2. The molecule has 4 rings (SSSR count). The minimum absolute atomic E-state index is 0.0176. The van der Waals surface area contributed by atoms with Crippen molar-refractivity contribution in [3.05, 3.63) is 82.9 Å². The molecule has 0 atom stereocenters. The van der Waals surface area contributed by atoms with Crippen LogP contribution in [-0.4, -0.2) is 65.4 Å². The van der Waals surface area contributed by atoms with Gasteiger partial charge in [0.2, 0.25) is 0 Å². The molecular formula is C30H34BrN11O6. The number of oxime groups is 1. The highest BCUT2D eigenvalue weighted by molar-refractivity contribution is 9.12. The number of aryl methyl sites for hydroxylation is 4. The van der Waals surface area contributed by atoms with E-state index in [1.54, 1.807) is 62.1 Å². The number of halogens is 1. The highest BCUT2D eigenvalue weighted by Gasteiger charge is 2.20. The average Bonchev–Trinajstić information content (AvgIpc) is 3.78. The van der Waals surface area contributed by atoms with Crippen molar-refractivity contribution >= 4 is 74.1 Å². The summed E-state index contributed by atoms with van der Waals surface area (Å²) in [5.74, 6) is -2.30. The Labute approximate surface area is 282 Å². The van der Waals surface area contributed by atoms with Gasteiger partial charge in [-0.25, -0.2) is 0 Å². The lowest BCUT2D eigenvalue weighted by atomic mass is 10.3. The van der Waals surface area contributed by atoms with Crippen LogP contribution < -0.4 is 32.3 Å². The highest BCUT2D eigenvalue weighted by Crippen LogP contribution is 2.21. The molecule has 4 aromatic rings. The van der Waals surface area contributed by atoms with E-state index in [1.165, 1.54) is 33.4 Å². The maximum atomic E-state index is 13.2. The van der Waals surface area contributed by atoms with Crippen LogP contribution in [-0.2, 0) is 33.0 Å². The second kappa shape index (κ2) is 14.6. The topological polar surface area (TPSA) is 224 Å². The number of aromatic nitrogens is 4. The first-order chi connectivity index (χ1) is 22.7. The third kappa shape index (κ3) is 8.21. The fraction of sp³-hybridized carbons (Fsp3) is 0.200. The Morgan fingerprint density at radius 1 is 0.688 bits per heavy atom. The number of hydrogen-bond acceptors (Lipinski definition) is 7. The molecule has 0 unspecified atom stereocenters. The van der Waals surface area contributed by atoms with Gasteiger partial charge in [-0.2, -0.15) is 0 Å². The minimum atomic E-state index is -0.486. The highest BCUT2D eigenvalue weighted by atomic mass is 79.9. The molecule has 0 aliphatic rings. The molecule has 0 bridgehead atoms. The molecule has 8 N–H and O–H groups in total. The van der Waals surface area contributed by atoms with Crippen LogP contribution in [0.1, 0.15) is 48.4 Å². The lowest BCUT2D eigenvalue weighted by Crippen LogP contribution is -2.29. The Bertz CT molecular complexity index is 1960. The largest absolute Gasteiger partial charge is 0.409 e. The van der Waals surface area contributed by atoms with Gasteiger partial charge in [-0.05, 0) is 40.2 Å². The van der Waals surface area contributed by atoms with E-state index in [-0.39, 0.29) is 46.1 Å². The number of carbonyl (C=O) groups excluding carboxylic acids is 5. The van der Waals surface area contributed by atoms with E-state index in [1.807, 2.05) is 0 Å². The van der Waals surface area contributed by atoms with Crippen LogP contribution in [0.5, 0.6) is 0 Å². The van der Waals surface area contributed by atoms with Crippen molar-refractivity contribution in [2.45, 2.75) is 6.42 Å². The summed E-state index contributed by atoms with van der Waals surface area (Å²) in [5, 5.41) is 25.0. The minimum Gasteiger partial charge on any atom is -0.409 e. The van der Waals surface area contributed by atoms with E-state index in [0.29, 0.717) is 22.7 Å². The summed E-state index contributed by atoms with van der Waals surface area (Å²) in [6.07, 6.45) is 6.46. The molecule has 4 aromatic heterocycles. The number of anilines is 4. The number of amides is 5. The number of hydrogen-bond donors (Lipinski definition) is 7. The van der Waals surface area contributed by atoms with E-state index >= 15 is 0 Å². The monoisotopic (exact) mass is 723 g/mol. The van der Waals surface area contributed by atoms with Gasteiger partial charge in [0.1, 0.15) is 28.6 Å². The van der Waals surface area contributed by atoms with Crippen molar-refractivity contribution in [3.8, 4) is 0 Å². The molecule has 0 spiro atoms. The molecule has 0 fully saturated rings. The summed E-state index contributed by atoms with van der Waals surface area (Å²) in [7, 11) is 6.58. The van der Waals surface area contributed by atoms with Crippen molar-refractivity contribution in [2.24, 2.45) is 39.1 Å². The van der Waals surface area contributed by atoms with E-state index in [9.17, 15) is 24.0 Å². The predicted octanol–water partition coefficient (Wildman–Crippen LogP) is 2.51. The maximum Gasteiger partial charge on any atom is 0.272 e. The summed E-state index contributed by atoms with van der Waals surface area (Å²) in [4.78, 5) is 63.6. The van der Waals surface area contributed by atoms with Gasteiger partial charge in [-0.3, -0.25) is 24.0 Å². The molecule has 0 saturated heterocycles. The van der Waals surface area contributed by atoms with Gasteiger partial charge < -0.3 is 55.8 Å². The summed E-state index contributed by atoms with van der Waals surface area (Å²) in [6, 6.07) is 6.01. The smallest absolute Gasteiger partial charge is 0.272 e. The molecule has 0 saturated carbocycles. The Hall–Kier alpha value is -6.04. The standard InChI is InChI=1S/C30H34BrN11O6/c1-16(31)26(43)34-17-9-22(40(3)12-17)28(45)36-19-11-24(42(5)14-19)30(47)37-20-10-23(41(4)15-20)29(46)35-18-8-21(39(2)13-18)27(44)33-7-6-25(32)38-48/h8-15,48H,1,6-7H2,2-5H3,(H2,32,38)(H,33,44)(H,34,43)(H,35,46)(H,36,45)(H,37,47). The summed E-state index contributed by atoms with van der Waals surface area (Å²) in [5.41, 5.74) is 7.92. The van der Waals surface area contributed by atoms with Crippen molar-refractivity contribution in [2.75, 3.05) is 27.8 Å². The van der Waals surface area contributed by atoms with E-state index in [2.05, 4.69) is 54.2 Å². The molecule has 17 nitrogen and oxygen atoms in total. The van der Waals surface area contributed by atoms with E-state index in [4.69, 9.17) is 10.9 Å². The van der Waals surface area contributed by atoms with Crippen molar-refractivity contribution in [1.29, 1.82) is 0 Å². The van der Waals surface area contributed by atoms with Crippen LogP contribution in [0.3, 0.4) is 0 Å². The maximum absolute atomic E-state index is 13.2. The molecule has 0 aliphatic heterocycles. The van der Waals surface area contributed by atoms with E-state index < -0.39 is 29.5 Å². The van der Waals surface area contributed by atoms with Crippen molar-refractivity contribution < 1.29 is 29.2 Å². The first kappa shape index (κ1) is 34.8. The van der Waals surface area contributed by atoms with Crippen LogP contribution in [0.4, 0.5) is 22.7 Å². The number of carbonyl (C=O) groups is 5. The Balaban J connectivity index is 1.38. The normalized spacial score (nSPS) is 11.1. The van der Waals surface area contributed by atoms with Gasteiger partial charge in [-0.1, -0.05) is 11.7 Å². The van der Waals surface area contributed by atoms with Crippen molar-refractivity contribution in [3.63, 3.8) is 0 Å². The van der Waals surface area contributed by atoms with Crippen molar-refractivity contribution in [1.82, 2.24) is 23.6 Å². The predicted molar refractivity (Wildman–Crippen MR) is 183 cm³/mol. The second-order valence-electron chi connectivity index (χ2n) is 10.7. The Morgan fingerprint density at radius 2 is 1.02 bits per heavy atom. The van der Waals surface area contributed by atoms with Crippen LogP contribution in [0.15, 0.2) is 65.3 Å². The van der Waals surface area contributed by atoms with Gasteiger partial charge >= 0.3 is 0 Å². The van der Waals surface area contributed by atoms with Gasteiger partial charge in [-0.15, -0.1) is 0 Å². The number of nitrogens with zero attached hydrogens (tertiary/aromatic N) is 5. The summed E-state index contributed by atoms with van der Waals surface area (Å²) < 4.78 is 6.31. The molecule has 0 radical (unpaired) electrons. The zero-order chi connectivity index (χ0) is 35.3. The molecule has 0 aliphatic carbocycles. The van der Waals surface area contributed by atoms with Gasteiger partial charge in [0.15, 0.2) is 0 Å². The number of amidine groups is 1. The molecule has 252 valence electrons. The molecular weight excluding hydrogens is 690 g/mol. The zero-order valence-corrected chi connectivity index (χ0v) is 28.0. The molecule has 0 aromatic carbocycles. The van der Waals surface area contributed by atoms with Gasteiger partial charge in [0.25, 0.3) is 29.5 Å². The number of nitrogens with one attached hydrogen (secondary N) is 5. The quantitative estimate of drug-likeness (QED) is 0.0380. The summed E-state index contributed by atoms with van der Waals surface area (Å²) >= 11 is 3.01. The SMILES string of the molecule is C=C(Br)C(=O)Nc1cc(C(=O)Nc2cc(C(=O)Nc3cc(C(=O)Nc4cc(C(=O)NCCC(N)=NO)n(C)c4)n(C)c3)n(C)c2)n(C)c1. The second-order valence-corrected chi connectivity index (χ2v) is 11.7. The van der Waals surface area contributed by atoms with Gasteiger partial charge in [0.05, 0.1) is 27.2 Å². The van der Waals surface area contributed by atoms with Crippen LogP contribution in [0.2, 0.25) is 0 Å². The molecule has 18 heteroatoms. The Morgan fingerprint density at radius 3 is 1.35 bits per heavy atom. The third-order valence-corrected chi connectivity index (χ3v) is 7.38. The summed E-state index contributed by atoms with van der Waals surface area (Å²) in [6.45, 7) is 3.67. The zero-order valence-electron chi connectivity index (χ0n) is 26.4. The molecule has 4 heterocycles. The molecule has 48 heavy (non-hydrogen) atoms. The third-order valence-electron chi connectivity index (χ3n) is 7.02. The lowest BCUT2D eigenvalue weighted by molar-refractivity contribution is -0.112. The Kier molecular flexibility index (Phi) is 10.6. The molecule has 5 amide bonds.